The number of nitrogens with one attached hydrogen (secondary N) is 3. The van der Waals surface area contributed by atoms with Gasteiger partial charge in [-0.25, -0.2) is 13.1 Å². The van der Waals surface area contributed by atoms with Gasteiger partial charge in [-0.05, 0) is 46.5 Å². The second-order valence-electron chi connectivity index (χ2n) is 6.05. The summed E-state index contributed by atoms with van der Waals surface area (Å²) in [5, 5.41) is 10.8. The molecule has 0 radical (unpaired) electrons. The molecule has 1 heterocycles. The molecular weight excluding hydrogens is 368 g/mol. The van der Waals surface area contributed by atoms with Gasteiger partial charge in [-0.15, -0.1) is 0 Å². The van der Waals surface area contributed by atoms with Crippen LogP contribution >= 0.6 is 11.3 Å². The molecule has 1 unspecified atom stereocenters. The number of nitrogens with zero attached hydrogens (tertiary/aromatic N) is 1. The van der Waals surface area contributed by atoms with E-state index in [0.717, 1.165) is 23.6 Å². The van der Waals surface area contributed by atoms with Gasteiger partial charge < -0.3 is 10.6 Å². The molecule has 0 bridgehead atoms. The maximum absolute atomic E-state index is 11.7. The molecule has 0 fully saturated rings. The lowest BCUT2D eigenvalue weighted by Gasteiger charge is -2.15. The third-order valence-electron chi connectivity index (χ3n) is 4.03. The average molecular weight is 395 g/mol. The third kappa shape index (κ3) is 6.44. The fourth-order valence-corrected chi connectivity index (χ4v) is 4.00. The molecule has 1 atom stereocenters. The van der Waals surface area contributed by atoms with Gasteiger partial charge in [-0.3, -0.25) is 4.99 Å². The number of sulfonamides is 1. The molecular formula is C18H26N4O2S2. The van der Waals surface area contributed by atoms with Crippen molar-refractivity contribution in [1.29, 1.82) is 0 Å². The topological polar surface area (TPSA) is 82.6 Å². The fraction of sp³-hybridized carbons (Fsp3) is 0.389. The summed E-state index contributed by atoms with van der Waals surface area (Å²) in [4.78, 5) is 4.24. The molecule has 1 aromatic heterocycles. The Hall–Kier alpha value is -1.90. The summed E-state index contributed by atoms with van der Waals surface area (Å²) in [6.45, 7) is 3.53. The zero-order valence-electron chi connectivity index (χ0n) is 15.3. The Kier molecular flexibility index (Phi) is 7.62. The zero-order chi connectivity index (χ0) is 19.0. The Morgan fingerprint density at radius 3 is 2.65 bits per heavy atom. The van der Waals surface area contributed by atoms with Crippen LogP contribution in [0.4, 0.5) is 0 Å². The molecule has 142 valence electrons. The molecule has 26 heavy (non-hydrogen) atoms. The van der Waals surface area contributed by atoms with Crippen LogP contribution in [0.25, 0.3) is 0 Å². The summed E-state index contributed by atoms with van der Waals surface area (Å²) < 4.78 is 25.7. The number of thiophene rings is 1. The van der Waals surface area contributed by atoms with Gasteiger partial charge in [0, 0.05) is 20.1 Å². The van der Waals surface area contributed by atoms with Crippen LogP contribution in [0.15, 0.2) is 46.1 Å². The molecule has 0 amide bonds. The predicted molar refractivity (Wildman–Crippen MR) is 109 cm³/mol. The van der Waals surface area contributed by atoms with E-state index in [1.807, 2.05) is 24.3 Å². The van der Waals surface area contributed by atoms with E-state index in [2.05, 4.69) is 44.1 Å². The maximum atomic E-state index is 11.7. The number of hydrogen-bond acceptors (Lipinski definition) is 4. The van der Waals surface area contributed by atoms with Gasteiger partial charge in [0.15, 0.2) is 5.96 Å². The standard InChI is InChI=1S/C18H26N4O2S2/c1-14(17-7-8-25-12-17)10-21-18(19-2)22-11-15-5-4-6-16(9-15)13-26(23,24)20-3/h4-9,12,14,20H,10-11,13H2,1-3H3,(H2,19,21,22). The summed E-state index contributed by atoms with van der Waals surface area (Å²) >= 11 is 1.70. The Labute approximate surface area is 159 Å². The van der Waals surface area contributed by atoms with Crippen LogP contribution in [-0.4, -0.2) is 35.0 Å². The largest absolute Gasteiger partial charge is 0.356 e. The molecule has 2 rings (SSSR count). The van der Waals surface area contributed by atoms with E-state index in [9.17, 15) is 8.42 Å². The van der Waals surface area contributed by atoms with Crippen molar-refractivity contribution in [2.45, 2.75) is 25.1 Å². The minimum atomic E-state index is -3.27. The van der Waals surface area contributed by atoms with Crippen molar-refractivity contribution < 1.29 is 8.42 Å². The van der Waals surface area contributed by atoms with E-state index in [4.69, 9.17) is 0 Å². The van der Waals surface area contributed by atoms with E-state index >= 15 is 0 Å². The number of guanidine groups is 1. The molecule has 3 N–H and O–H groups in total. The van der Waals surface area contributed by atoms with E-state index in [-0.39, 0.29) is 5.75 Å². The Morgan fingerprint density at radius 2 is 2.00 bits per heavy atom. The van der Waals surface area contributed by atoms with Gasteiger partial charge in [0.1, 0.15) is 0 Å². The normalized spacial score (nSPS) is 13.4. The summed E-state index contributed by atoms with van der Waals surface area (Å²) in [5.74, 6) is 1.10. The van der Waals surface area contributed by atoms with Crippen molar-refractivity contribution in [3.05, 3.63) is 57.8 Å². The van der Waals surface area contributed by atoms with Crippen LogP contribution < -0.4 is 15.4 Å². The van der Waals surface area contributed by atoms with E-state index in [0.29, 0.717) is 12.5 Å². The van der Waals surface area contributed by atoms with Crippen molar-refractivity contribution >= 4 is 27.3 Å². The van der Waals surface area contributed by atoms with Crippen molar-refractivity contribution in [2.24, 2.45) is 4.99 Å². The highest BCUT2D eigenvalue weighted by atomic mass is 32.2. The highest BCUT2D eigenvalue weighted by Crippen LogP contribution is 2.17. The monoisotopic (exact) mass is 394 g/mol. The SMILES string of the molecule is CN=C(NCc1cccc(CS(=O)(=O)NC)c1)NCC(C)c1ccsc1. The number of benzene rings is 1. The summed E-state index contributed by atoms with van der Waals surface area (Å²) in [6.07, 6.45) is 0. The fourth-order valence-electron chi connectivity index (χ4n) is 2.45. The lowest BCUT2D eigenvalue weighted by atomic mass is 10.1. The first-order valence-electron chi connectivity index (χ1n) is 8.39. The van der Waals surface area contributed by atoms with Crippen LogP contribution in [0.1, 0.15) is 29.5 Å². The van der Waals surface area contributed by atoms with Gasteiger partial charge in [0.25, 0.3) is 0 Å². The smallest absolute Gasteiger partial charge is 0.215 e. The second kappa shape index (κ2) is 9.70. The average Bonchev–Trinajstić information content (AvgIpc) is 3.16. The molecule has 0 saturated heterocycles. The van der Waals surface area contributed by atoms with Crippen LogP contribution in [0.3, 0.4) is 0 Å². The third-order valence-corrected chi connectivity index (χ3v) is 6.07. The van der Waals surface area contributed by atoms with Gasteiger partial charge in [-0.2, -0.15) is 11.3 Å². The van der Waals surface area contributed by atoms with Gasteiger partial charge >= 0.3 is 0 Å². The number of hydrogen-bond donors (Lipinski definition) is 3. The minimum Gasteiger partial charge on any atom is -0.356 e. The van der Waals surface area contributed by atoms with Crippen molar-refractivity contribution in [3.8, 4) is 0 Å². The maximum Gasteiger partial charge on any atom is 0.215 e. The van der Waals surface area contributed by atoms with E-state index < -0.39 is 10.0 Å². The molecule has 0 saturated carbocycles. The minimum absolute atomic E-state index is 0.0253. The first-order valence-corrected chi connectivity index (χ1v) is 11.0. The van der Waals surface area contributed by atoms with Crippen molar-refractivity contribution in [3.63, 3.8) is 0 Å². The number of aliphatic imine (C=N–C) groups is 1. The van der Waals surface area contributed by atoms with Crippen LogP contribution in [0.2, 0.25) is 0 Å². The van der Waals surface area contributed by atoms with Gasteiger partial charge in [0.05, 0.1) is 5.75 Å². The molecule has 0 spiro atoms. The predicted octanol–water partition coefficient (Wildman–Crippen LogP) is 2.27. The van der Waals surface area contributed by atoms with Crippen LogP contribution in [0, 0.1) is 0 Å². The van der Waals surface area contributed by atoms with E-state index in [1.165, 1.54) is 12.6 Å². The molecule has 6 nitrogen and oxygen atoms in total. The molecule has 0 aliphatic carbocycles. The van der Waals surface area contributed by atoms with Gasteiger partial charge in [0.2, 0.25) is 10.0 Å². The van der Waals surface area contributed by atoms with E-state index in [1.54, 1.807) is 18.4 Å². The molecule has 0 aliphatic rings. The van der Waals surface area contributed by atoms with Crippen LogP contribution in [-0.2, 0) is 22.3 Å². The van der Waals surface area contributed by atoms with Crippen LogP contribution in [0.5, 0.6) is 0 Å². The summed E-state index contributed by atoms with van der Waals surface area (Å²) in [5.41, 5.74) is 3.08. The summed E-state index contributed by atoms with van der Waals surface area (Å²) in [6, 6.07) is 9.67. The zero-order valence-corrected chi connectivity index (χ0v) is 17.0. The highest BCUT2D eigenvalue weighted by molar-refractivity contribution is 7.88. The molecule has 0 aliphatic heterocycles. The first-order chi connectivity index (χ1) is 12.4. The molecule has 2 aromatic rings. The number of rotatable bonds is 8. The summed E-state index contributed by atoms with van der Waals surface area (Å²) in [7, 11) is -0.110. The Morgan fingerprint density at radius 1 is 1.23 bits per heavy atom. The van der Waals surface area contributed by atoms with Crippen molar-refractivity contribution in [2.75, 3.05) is 20.6 Å². The van der Waals surface area contributed by atoms with Crippen molar-refractivity contribution in [1.82, 2.24) is 15.4 Å². The quantitative estimate of drug-likeness (QED) is 0.474. The Balaban J connectivity index is 1.88. The lowest BCUT2D eigenvalue weighted by molar-refractivity contribution is 0.587. The first kappa shape index (κ1) is 20.4. The highest BCUT2D eigenvalue weighted by Gasteiger charge is 2.09. The Bertz CT molecular complexity index is 817. The van der Waals surface area contributed by atoms with Gasteiger partial charge in [-0.1, -0.05) is 31.2 Å². The molecule has 8 heteroatoms. The molecule has 1 aromatic carbocycles. The second-order valence-corrected chi connectivity index (χ2v) is 8.75. The lowest BCUT2D eigenvalue weighted by Crippen LogP contribution is -2.38.